The number of benzene rings is 1. The van der Waals surface area contributed by atoms with Crippen molar-refractivity contribution >= 4 is 5.97 Å². The number of aliphatic hydroxyl groups is 1. The van der Waals surface area contributed by atoms with Crippen molar-refractivity contribution in [2.45, 2.75) is 39.1 Å². The summed E-state index contributed by atoms with van der Waals surface area (Å²) in [5, 5.41) is 18.5. The summed E-state index contributed by atoms with van der Waals surface area (Å²) in [6.45, 7) is 4.71. The third-order valence-electron chi connectivity index (χ3n) is 2.77. The van der Waals surface area contributed by atoms with Crippen LogP contribution >= 0.6 is 0 Å². The lowest BCUT2D eigenvalue weighted by atomic mass is 10.0. The van der Waals surface area contributed by atoms with Crippen LogP contribution in [-0.2, 0) is 9.53 Å². The molecule has 0 aliphatic rings. The Hall–Kier alpha value is -1.46. The lowest BCUT2D eigenvalue weighted by molar-refractivity contribution is -0.158. The van der Waals surface area contributed by atoms with Gasteiger partial charge in [0.05, 0.1) is 12.2 Å². The highest BCUT2D eigenvalue weighted by molar-refractivity contribution is 5.75. The van der Waals surface area contributed by atoms with E-state index in [1.54, 1.807) is 13.8 Å². The van der Waals surface area contributed by atoms with Crippen LogP contribution in [0.3, 0.4) is 0 Å². The molecule has 5 heteroatoms. The van der Waals surface area contributed by atoms with Gasteiger partial charge in [0.15, 0.2) is 6.10 Å². The molecule has 0 aliphatic carbocycles. The molecule has 3 unspecified atom stereocenters. The van der Waals surface area contributed by atoms with E-state index in [1.165, 1.54) is 25.1 Å². The van der Waals surface area contributed by atoms with Crippen LogP contribution in [0, 0.1) is 12.7 Å². The number of aliphatic carboxylic acids is 1. The molecule has 1 aromatic rings. The van der Waals surface area contributed by atoms with Gasteiger partial charge in [0, 0.05) is 0 Å². The average Bonchev–Trinajstić information content (AvgIpc) is 2.26. The van der Waals surface area contributed by atoms with Crippen molar-refractivity contribution in [1.82, 2.24) is 0 Å². The van der Waals surface area contributed by atoms with Gasteiger partial charge in [-0.3, -0.25) is 0 Å². The maximum Gasteiger partial charge on any atom is 0.337 e. The SMILES string of the molecule is Cc1cc(F)ccc1C(OC(C)C(C)O)C(=O)O. The Kier molecular flexibility index (Phi) is 4.81. The predicted molar refractivity (Wildman–Crippen MR) is 63.7 cm³/mol. The molecule has 100 valence electrons. The molecule has 0 amide bonds. The van der Waals surface area contributed by atoms with Gasteiger partial charge in [0.25, 0.3) is 0 Å². The van der Waals surface area contributed by atoms with Crippen LogP contribution in [0.5, 0.6) is 0 Å². The van der Waals surface area contributed by atoms with Gasteiger partial charge in [-0.1, -0.05) is 6.07 Å². The smallest absolute Gasteiger partial charge is 0.337 e. The minimum absolute atomic E-state index is 0.386. The van der Waals surface area contributed by atoms with E-state index in [0.717, 1.165) is 0 Å². The van der Waals surface area contributed by atoms with E-state index in [1.807, 2.05) is 0 Å². The number of aliphatic hydroxyl groups excluding tert-OH is 1. The number of aryl methyl sites for hydroxylation is 1. The van der Waals surface area contributed by atoms with Crippen molar-refractivity contribution in [3.8, 4) is 0 Å². The molecule has 0 heterocycles. The molecule has 3 atom stereocenters. The first kappa shape index (κ1) is 14.6. The Morgan fingerprint density at radius 1 is 1.39 bits per heavy atom. The van der Waals surface area contributed by atoms with Gasteiger partial charge in [0.2, 0.25) is 0 Å². The molecular weight excluding hydrogens is 239 g/mol. The molecule has 0 spiro atoms. The highest BCUT2D eigenvalue weighted by Crippen LogP contribution is 2.24. The minimum Gasteiger partial charge on any atom is -0.479 e. The van der Waals surface area contributed by atoms with Crippen LogP contribution in [-0.4, -0.2) is 28.4 Å². The van der Waals surface area contributed by atoms with Gasteiger partial charge in [-0.2, -0.15) is 0 Å². The van der Waals surface area contributed by atoms with Crippen molar-refractivity contribution in [2.24, 2.45) is 0 Å². The number of halogens is 1. The number of hydrogen-bond acceptors (Lipinski definition) is 3. The van der Waals surface area contributed by atoms with Crippen LogP contribution in [0.15, 0.2) is 18.2 Å². The summed E-state index contributed by atoms with van der Waals surface area (Å²) in [4.78, 5) is 11.2. The van der Waals surface area contributed by atoms with E-state index in [9.17, 15) is 14.3 Å². The summed E-state index contributed by atoms with van der Waals surface area (Å²) in [5.41, 5.74) is 0.886. The van der Waals surface area contributed by atoms with E-state index in [4.69, 9.17) is 9.84 Å². The zero-order valence-electron chi connectivity index (χ0n) is 10.6. The molecule has 0 radical (unpaired) electrons. The first-order valence-electron chi connectivity index (χ1n) is 5.65. The third-order valence-corrected chi connectivity index (χ3v) is 2.77. The van der Waals surface area contributed by atoms with Gasteiger partial charge >= 0.3 is 5.97 Å². The normalized spacial score (nSPS) is 16.1. The van der Waals surface area contributed by atoms with Crippen LogP contribution in [0.4, 0.5) is 4.39 Å². The van der Waals surface area contributed by atoms with Crippen LogP contribution < -0.4 is 0 Å². The van der Waals surface area contributed by atoms with E-state index in [0.29, 0.717) is 11.1 Å². The molecule has 0 aliphatic heterocycles. The Labute approximate surface area is 105 Å². The van der Waals surface area contributed by atoms with E-state index in [2.05, 4.69) is 0 Å². The van der Waals surface area contributed by atoms with Crippen molar-refractivity contribution in [3.05, 3.63) is 35.1 Å². The third kappa shape index (κ3) is 3.51. The minimum atomic E-state index is -1.21. The van der Waals surface area contributed by atoms with Gasteiger partial charge in [0.1, 0.15) is 5.82 Å². The summed E-state index contributed by atoms with van der Waals surface area (Å²) in [5.74, 6) is -1.60. The second kappa shape index (κ2) is 5.93. The van der Waals surface area contributed by atoms with E-state index in [-0.39, 0.29) is 0 Å². The molecule has 18 heavy (non-hydrogen) atoms. The van der Waals surface area contributed by atoms with Crippen LogP contribution in [0.1, 0.15) is 31.1 Å². The summed E-state index contributed by atoms with van der Waals surface area (Å²) in [6.07, 6.45) is -2.63. The number of carboxylic acids is 1. The fourth-order valence-corrected chi connectivity index (χ4v) is 1.53. The molecule has 0 bridgehead atoms. The number of rotatable bonds is 5. The second-order valence-corrected chi connectivity index (χ2v) is 4.30. The largest absolute Gasteiger partial charge is 0.479 e. The van der Waals surface area contributed by atoms with Crippen molar-refractivity contribution in [3.63, 3.8) is 0 Å². The molecule has 0 saturated heterocycles. The Balaban J connectivity index is 3.01. The summed E-state index contributed by atoms with van der Waals surface area (Å²) < 4.78 is 18.3. The number of ether oxygens (including phenoxy) is 1. The lowest BCUT2D eigenvalue weighted by Crippen LogP contribution is -2.28. The average molecular weight is 256 g/mol. The molecular formula is C13H17FO4. The molecule has 4 nitrogen and oxygen atoms in total. The summed E-state index contributed by atoms with van der Waals surface area (Å²) in [6, 6.07) is 3.83. The predicted octanol–water partition coefficient (Wildman–Crippen LogP) is 2.05. The van der Waals surface area contributed by atoms with Crippen molar-refractivity contribution < 1.29 is 24.1 Å². The monoisotopic (exact) mass is 256 g/mol. The highest BCUT2D eigenvalue weighted by Gasteiger charge is 2.26. The van der Waals surface area contributed by atoms with Gasteiger partial charge in [-0.25, -0.2) is 9.18 Å². The van der Waals surface area contributed by atoms with Crippen molar-refractivity contribution in [2.75, 3.05) is 0 Å². The topological polar surface area (TPSA) is 66.8 Å². The molecule has 1 rings (SSSR count). The number of carbonyl (C=O) groups is 1. The Morgan fingerprint density at radius 2 is 2.00 bits per heavy atom. The van der Waals surface area contributed by atoms with E-state index >= 15 is 0 Å². The quantitative estimate of drug-likeness (QED) is 0.846. The molecule has 0 fully saturated rings. The maximum absolute atomic E-state index is 13.0. The summed E-state index contributed by atoms with van der Waals surface area (Å²) in [7, 11) is 0. The van der Waals surface area contributed by atoms with Gasteiger partial charge < -0.3 is 14.9 Å². The maximum atomic E-state index is 13.0. The lowest BCUT2D eigenvalue weighted by Gasteiger charge is -2.22. The standard InChI is InChI=1S/C13H17FO4/c1-7-6-10(14)4-5-11(7)12(13(16)17)18-9(3)8(2)15/h4-6,8-9,12,15H,1-3H3,(H,16,17). The molecule has 0 aromatic heterocycles. The molecule has 0 saturated carbocycles. The zero-order chi connectivity index (χ0) is 13.9. The number of hydrogen-bond donors (Lipinski definition) is 2. The first-order chi connectivity index (χ1) is 8.32. The van der Waals surface area contributed by atoms with Gasteiger partial charge in [-0.05, 0) is 44.0 Å². The van der Waals surface area contributed by atoms with E-state index < -0.39 is 30.1 Å². The fourth-order valence-electron chi connectivity index (χ4n) is 1.53. The Morgan fingerprint density at radius 3 is 2.44 bits per heavy atom. The van der Waals surface area contributed by atoms with Crippen LogP contribution in [0.25, 0.3) is 0 Å². The van der Waals surface area contributed by atoms with Crippen LogP contribution in [0.2, 0.25) is 0 Å². The molecule has 2 N–H and O–H groups in total. The highest BCUT2D eigenvalue weighted by atomic mass is 19.1. The van der Waals surface area contributed by atoms with Crippen molar-refractivity contribution in [1.29, 1.82) is 0 Å². The summed E-state index contributed by atoms with van der Waals surface area (Å²) >= 11 is 0. The zero-order valence-corrected chi connectivity index (χ0v) is 10.6. The number of carboxylic acid groups (broad SMARTS) is 1. The first-order valence-corrected chi connectivity index (χ1v) is 5.65. The molecule has 1 aromatic carbocycles. The van der Waals surface area contributed by atoms with Gasteiger partial charge in [-0.15, -0.1) is 0 Å². The Bertz CT molecular complexity index is 431. The fraction of sp³-hybridized carbons (Fsp3) is 0.462. The second-order valence-electron chi connectivity index (χ2n) is 4.30.